The van der Waals surface area contributed by atoms with Crippen LogP contribution in [0.1, 0.15) is 42.1 Å². The van der Waals surface area contributed by atoms with E-state index in [1.54, 1.807) is 4.90 Å². The number of hydrazone groups is 1. The molecule has 3 aromatic rings. The number of amides is 2. The molecule has 0 atom stereocenters. The second-order valence-electron chi connectivity index (χ2n) is 7.73. The highest BCUT2D eigenvalue weighted by atomic mass is 35.5. The van der Waals surface area contributed by atoms with Crippen LogP contribution >= 0.6 is 11.6 Å². The lowest BCUT2D eigenvalue weighted by Gasteiger charge is -2.22. The number of nitriles is 1. The average Bonchev–Trinajstić information content (AvgIpc) is 3.24. The van der Waals surface area contributed by atoms with E-state index in [0.29, 0.717) is 19.5 Å². The first-order valence-corrected chi connectivity index (χ1v) is 11.4. The molecule has 8 nitrogen and oxygen atoms in total. The van der Waals surface area contributed by atoms with E-state index in [-0.39, 0.29) is 28.8 Å². The Hall–Kier alpha value is -3.83. The zero-order valence-corrected chi connectivity index (χ0v) is 19.6. The summed E-state index contributed by atoms with van der Waals surface area (Å²) in [5.74, 6) is -0.590. The van der Waals surface area contributed by atoms with Crippen LogP contribution < -0.4 is 5.43 Å². The number of nitrogens with zero attached hydrogens (tertiary/aromatic N) is 4. The van der Waals surface area contributed by atoms with Crippen LogP contribution in [0.2, 0.25) is 5.02 Å². The topological polar surface area (TPSA) is 111 Å². The molecule has 0 fully saturated rings. The lowest BCUT2D eigenvalue weighted by Crippen LogP contribution is -2.35. The van der Waals surface area contributed by atoms with Gasteiger partial charge in [0.15, 0.2) is 0 Å². The van der Waals surface area contributed by atoms with Crippen LogP contribution in [0.4, 0.5) is 0 Å². The molecule has 3 rings (SSSR count). The number of benzene rings is 2. The molecule has 0 aliphatic heterocycles. The van der Waals surface area contributed by atoms with Gasteiger partial charge in [0.1, 0.15) is 12.3 Å². The van der Waals surface area contributed by atoms with Gasteiger partial charge in [0.2, 0.25) is 5.91 Å². The van der Waals surface area contributed by atoms with E-state index in [4.69, 9.17) is 16.9 Å². The molecule has 176 valence electrons. The number of nitrogens with one attached hydrogen (secondary N) is 1. The fraction of sp³-hybridized carbons (Fsp3) is 0.280. The van der Waals surface area contributed by atoms with E-state index in [1.165, 1.54) is 24.4 Å². The molecule has 0 aliphatic carbocycles. The van der Waals surface area contributed by atoms with Crippen LogP contribution in [0, 0.1) is 11.3 Å². The summed E-state index contributed by atoms with van der Waals surface area (Å²) >= 11 is 5.85. The minimum absolute atomic E-state index is 0.0277. The van der Waals surface area contributed by atoms with Crippen molar-refractivity contribution in [2.75, 3.05) is 13.1 Å². The third-order valence-corrected chi connectivity index (χ3v) is 5.66. The van der Waals surface area contributed by atoms with Gasteiger partial charge in [-0.25, -0.2) is 5.43 Å². The van der Waals surface area contributed by atoms with E-state index >= 15 is 0 Å². The molecule has 0 radical (unpaired) electrons. The summed E-state index contributed by atoms with van der Waals surface area (Å²) in [6.45, 7) is 3.31. The molecular weight excluding hydrogens is 454 g/mol. The fourth-order valence-corrected chi connectivity index (χ4v) is 3.69. The summed E-state index contributed by atoms with van der Waals surface area (Å²) in [6.07, 6.45) is 5.56. The molecule has 1 aromatic heterocycles. The number of halogens is 1. The highest BCUT2D eigenvalue weighted by Gasteiger charge is 2.15. The highest BCUT2D eigenvalue weighted by Crippen LogP contribution is 2.23. The molecule has 0 saturated heterocycles. The first kappa shape index (κ1) is 24.8. The lowest BCUT2D eigenvalue weighted by atomic mass is 10.1. The zero-order valence-electron chi connectivity index (χ0n) is 18.9. The van der Waals surface area contributed by atoms with Gasteiger partial charge in [0.05, 0.1) is 23.7 Å². The van der Waals surface area contributed by atoms with Gasteiger partial charge >= 0.3 is 0 Å². The molecule has 0 saturated carbocycles. The number of hydrogen-bond acceptors (Lipinski definition) is 5. The Balaban J connectivity index is 1.72. The van der Waals surface area contributed by atoms with Crippen molar-refractivity contribution in [2.45, 2.75) is 32.7 Å². The maximum Gasteiger partial charge on any atom is 0.271 e. The number of phenolic OH excluding ortho intramolecular Hbond substituents is 1. The predicted octanol–water partition coefficient (Wildman–Crippen LogP) is 4.31. The number of aromatic hydroxyl groups is 1. The van der Waals surface area contributed by atoms with Gasteiger partial charge in [-0.05, 0) is 36.8 Å². The van der Waals surface area contributed by atoms with E-state index in [9.17, 15) is 14.7 Å². The average molecular weight is 480 g/mol. The molecular formula is C25H26ClN5O3. The lowest BCUT2D eigenvalue weighted by molar-refractivity contribution is -0.131. The van der Waals surface area contributed by atoms with Crippen molar-refractivity contribution in [3.05, 3.63) is 64.8 Å². The molecule has 0 unspecified atom stereocenters. The van der Waals surface area contributed by atoms with Gasteiger partial charge in [-0.1, -0.05) is 37.1 Å². The van der Waals surface area contributed by atoms with Crippen molar-refractivity contribution in [1.82, 2.24) is 14.9 Å². The summed E-state index contributed by atoms with van der Waals surface area (Å²) in [6, 6.07) is 13.8. The Morgan fingerprint density at radius 2 is 2.09 bits per heavy atom. The number of phenols is 1. The summed E-state index contributed by atoms with van der Waals surface area (Å²) in [5.41, 5.74) is 4.36. The third kappa shape index (κ3) is 6.15. The maximum atomic E-state index is 12.9. The molecule has 0 spiro atoms. The second-order valence-corrected chi connectivity index (χ2v) is 8.14. The van der Waals surface area contributed by atoms with Gasteiger partial charge in [-0.15, -0.1) is 0 Å². The van der Waals surface area contributed by atoms with Crippen molar-refractivity contribution < 1.29 is 14.7 Å². The number of carbonyl (C=O) groups is 2. The van der Waals surface area contributed by atoms with Crippen LogP contribution in [0.15, 0.2) is 53.8 Å². The Labute approximate surface area is 203 Å². The number of aromatic nitrogens is 1. The zero-order chi connectivity index (χ0) is 24.5. The van der Waals surface area contributed by atoms with Crippen LogP contribution in [0.25, 0.3) is 10.9 Å². The van der Waals surface area contributed by atoms with Gasteiger partial charge < -0.3 is 14.6 Å². The summed E-state index contributed by atoms with van der Waals surface area (Å²) in [7, 11) is 0. The van der Waals surface area contributed by atoms with Crippen molar-refractivity contribution in [2.24, 2.45) is 5.10 Å². The highest BCUT2D eigenvalue weighted by molar-refractivity contribution is 6.32. The number of rotatable bonds is 10. The maximum absolute atomic E-state index is 12.9. The van der Waals surface area contributed by atoms with Crippen molar-refractivity contribution >= 4 is 40.5 Å². The van der Waals surface area contributed by atoms with E-state index in [1.807, 2.05) is 35.0 Å². The smallest absolute Gasteiger partial charge is 0.271 e. The van der Waals surface area contributed by atoms with Crippen LogP contribution in [-0.2, 0) is 11.3 Å². The number of hydrogen-bond donors (Lipinski definition) is 2. The fourth-order valence-electron chi connectivity index (χ4n) is 3.51. The largest absolute Gasteiger partial charge is 0.506 e. The van der Waals surface area contributed by atoms with E-state index < -0.39 is 5.91 Å². The number of fused-ring (bicyclic) bond motifs is 1. The van der Waals surface area contributed by atoms with Crippen molar-refractivity contribution in [3.63, 3.8) is 0 Å². The molecule has 2 amide bonds. The van der Waals surface area contributed by atoms with Gasteiger partial charge in [-0.2, -0.15) is 10.4 Å². The molecule has 1 heterocycles. The summed E-state index contributed by atoms with van der Waals surface area (Å²) in [4.78, 5) is 26.9. The predicted molar refractivity (Wildman–Crippen MR) is 132 cm³/mol. The first-order chi connectivity index (χ1) is 16.4. The minimum atomic E-state index is -0.460. The first-order valence-electron chi connectivity index (χ1n) is 11.0. The molecule has 34 heavy (non-hydrogen) atoms. The normalized spacial score (nSPS) is 11.0. The van der Waals surface area contributed by atoms with Gasteiger partial charge in [0, 0.05) is 41.3 Å². The third-order valence-electron chi connectivity index (χ3n) is 5.36. The van der Waals surface area contributed by atoms with E-state index in [0.717, 1.165) is 29.3 Å². The van der Waals surface area contributed by atoms with E-state index in [2.05, 4.69) is 23.5 Å². The van der Waals surface area contributed by atoms with Crippen LogP contribution in [0.3, 0.4) is 0 Å². The quantitative estimate of drug-likeness (QED) is 0.333. The van der Waals surface area contributed by atoms with Gasteiger partial charge in [0.25, 0.3) is 5.91 Å². The molecule has 0 bridgehead atoms. The molecule has 2 N–H and O–H groups in total. The second kappa shape index (κ2) is 11.9. The summed E-state index contributed by atoms with van der Waals surface area (Å²) < 4.78 is 1.87. The Morgan fingerprint density at radius 1 is 1.26 bits per heavy atom. The monoisotopic (exact) mass is 479 g/mol. The molecule has 2 aromatic carbocycles. The SMILES string of the molecule is CCCCN(CCC#N)C(=O)Cn1ccc2c(C=NNC(=O)c3ccc(O)c(Cl)c3)cccc21. The minimum Gasteiger partial charge on any atom is -0.506 e. The number of carbonyl (C=O) groups excluding carboxylic acids is 2. The van der Waals surface area contributed by atoms with Crippen LogP contribution in [0.5, 0.6) is 5.75 Å². The van der Waals surface area contributed by atoms with Crippen LogP contribution in [-0.4, -0.2) is 45.7 Å². The Morgan fingerprint density at radius 3 is 2.82 bits per heavy atom. The van der Waals surface area contributed by atoms with Gasteiger partial charge in [-0.3, -0.25) is 9.59 Å². The Bertz CT molecular complexity index is 1250. The Kier molecular flexibility index (Phi) is 8.66. The number of unbranched alkanes of at least 4 members (excludes halogenated alkanes) is 1. The van der Waals surface area contributed by atoms with Crippen molar-refractivity contribution in [3.8, 4) is 11.8 Å². The van der Waals surface area contributed by atoms with Crippen molar-refractivity contribution in [1.29, 1.82) is 5.26 Å². The standard InChI is InChI=1S/C25H26ClN5O3/c1-2-3-12-30(13-5-11-27)24(33)17-31-14-10-20-19(6-4-7-22(20)31)16-28-29-25(34)18-8-9-23(32)21(26)15-18/h4,6-10,14-16,32H,2-3,5,12-13,17H2,1H3,(H,29,34). The summed E-state index contributed by atoms with van der Waals surface area (Å²) in [5, 5.41) is 23.4. The molecule has 0 aliphatic rings. The molecule has 9 heteroatoms.